The van der Waals surface area contributed by atoms with Crippen molar-refractivity contribution < 1.29 is 28.2 Å². The predicted octanol–water partition coefficient (Wildman–Crippen LogP) is 1.23. The zero-order chi connectivity index (χ0) is 19.1. The van der Waals surface area contributed by atoms with Gasteiger partial charge in [-0.1, -0.05) is 17.7 Å². The van der Waals surface area contributed by atoms with E-state index in [0.717, 1.165) is 15.9 Å². The van der Waals surface area contributed by atoms with Crippen LogP contribution in [0.3, 0.4) is 0 Å². The number of carboxylic acid groups (broad SMARTS) is 2. The molecule has 2 heterocycles. The lowest BCUT2D eigenvalue weighted by Gasteiger charge is -2.10. The molecule has 0 aliphatic rings. The van der Waals surface area contributed by atoms with Crippen LogP contribution >= 0.6 is 0 Å². The van der Waals surface area contributed by atoms with Crippen LogP contribution < -0.4 is 0 Å². The number of carboxylic acids is 2. The molecule has 3 rings (SSSR count). The molecule has 0 bridgehead atoms. The van der Waals surface area contributed by atoms with Gasteiger partial charge < -0.3 is 10.2 Å². The topological polar surface area (TPSA) is 139 Å². The van der Waals surface area contributed by atoms with Gasteiger partial charge in [0.2, 0.25) is 0 Å². The molecular formula is C16H13N3O6S. The van der Waals surface area contributed by atoms with E-state index in [4.69, 9.17) is 10.2 Å². The van der Waals surface area contributed by atoms with Gasteiger partial charge >= 0.3 is 11.9 Å². The summed E-state index contributed by atoms with van der Waals surface area (Å²) < 4.78 is 26.6. The largest absolute Gasteiger partial charge is 0.480 e. The fourth-order valence-corrected chi connectivity index (χ4v) is 3.84. The third kappa shape index (κ3) is 2.80. The number of aliphatic carboxylic acids is 2. The highest BCUT2D eigenvalue weighted by Gasteiger charge is 2.32. The number of hydrogen-bond acceptors (Lipinski definition) is 6. The summed E-state index contributed by atoms with van der Waals surface area (Å²) in [5.41, 5.74) is 0.507. The Morgan fingerprint density at radius 3 is 2.23 bits per heavy atom. The van der Waals surface area contributed by atoms with Gasteiger partial charge in [0.25, 0.3) is 10.0 Å². The molecule has 0 aliphatic carbocycles. The zero-order valence-corrected chi connectivity index (χ0v) is 14.2. The van der Waals surface area contributed by atoms with Crippen molar-refractivity contribution in [3.8, 4) is 0 Å². The summed E-state index contributed by atoms with van der Waals surface area (Å²) in [6.07, 6.45) is 2.14. The summed E-state index contributed by atoms with van der Waals surface area (Å²) in [4.78, 5) is 30.2. The summed E-state index contributed by atoms with van der Waals surface area (Å²) in [7, 11) is -3.99. The molecule has 2 N–H and O–H groups in total. The number of hydrogen-bond donors (Lipinski definition) is 2. The molecule has 0 unspecified atom stereocenters. The van der Waals surface area contributed by atoms with E-state index in [0.29, 0.717) is 0 Å². The van der Waals surface area contributed by atoms with Crippen molar-refractivity contribution in [1.82, 2.24) is 13.9 Å². The van der Waals surface area contributed by atoms with Crippen LogP contribution in [-0.4, -0.2) is 44.5 Å². The van der Waals surface area contributed by atoms with Crippen molar-refractivity contribution in [1.29, 1.82) is 0 Å². The normalized spacial score (nSPS) is 11.8. The zero-order valence-electron chi connectivity index (χ0n) is 13.4. The Kier molecular flexibility index (Phi) is 4.20. The van der Waals surface area contributed by atoms with Crippen molar-refractivity contribution >= 4 is 33.0 Å². The number of fused-ring (bicyclic) bond motifs is 1. The Balaban J connectivity index is 2.22. The Morgan fingerprint density at radius 1 is 1.04 bits per heavy atom. The van der Waals surface area contributed by atoms with Gasteiger partial charge in [0.15, 0.2) is 11.6 Å². The molecular weight excluding hydrogens is 362 g/mol. The number of carbonyl (C=O) groups is 2. The maximum atomic E-state index is 12.8. The number of benzene rings is 1. The van der Waals surface area contributed by atoms with Crippen LogP contribution in [0.4, 0.5) is 0 Å². The van der Waals surface area contributed by atoms with Gasteiger partial charge in [-0.2, -0.15) is 0 Å². The van der Waals surface area contributed by atoms with Gasteiger partial charge in [-0.25, -0.2) is 22.4 Å². The minimum Gasteiger partial charge on any atom is -0.480 e. The molecule has 0 aliphatic heterocycles. The average Bonchev–Trinajstić information content (AvgIpc) is 3.00. The molecule has 0 saturated heterocycles. The first-order valence-corrected chi connectivity index (χ1v) is 8.77. The lowest BCUT2D eigenvalue weighted by Crippen LogP contribution is -2.22. The van der Waals surface area contributed by atoms with Crippen molar-refractivity contribution in [2.75, 3.05) is 0 Å². The minimum atomic E-state index is -3.99. The smallest absolute Gasteiger partial charge is 0.324 e. The predicted molar refractivity (Wildman–Crippen MR) is 89.3 cm³/mol. The van der Waals surface area contributed by atoms with Crippen LogP contribution in [0.5, 0.6) is 0 Å². The quantitative estimate of drug-likeness (QED) is 0.635. The first kappa shape index (κ1) is 17.5. The molecule has 9 nitrogen and oxygen atoms in total. The maximum Gasteiger partial charge on any atom is 0.324 e. The van der Waals surface area contributed by atoms with E-state index in [9.17, 15) is 18.0 Å². The first-order chi connectivity index (χ1) is 12.2. The number of aromatic nitrogens is 3. The second-order valence-electron chi connectivity index (χ2n) is 5.54. The summed E-state index contributed by atoms with van der Waals surface area (Å²) in [6.45, 7) is 1.82. The SMILES string of the molecule is Cc1ccc(S(=O)(=O)n2ccc3c(C(C(=O)O)C(=O)O)ncnc32)cc1. The molecule has 0 spiro atoms. The average molecular weight is 375 g/mol. The number of aryl methyl sites for hydroxylation is 1. The molecule has 3 aromatic rings. The van der Waals surface area contributed by atoms with Crippen LogP contribution in [0.25, 0.3) is 11.0 Å². The minimum absolute atomic E-state index is 0.0220. The van der Waals surface area contributed by atoms with Crippen molar-refractivity contribution in [3.63, 3.8) is 0 Å². The third-order valence-electron chi connectivity index (χ3n) is 3.82. The lowest BCUT2D eigenvalue weighted by molar-refractivity contribution is -0.150. The lowest BCUT2D eigenvalue weighted by atomic mass is 10.0. The standard InChI is InChI=1S/C16H13N3O6S/c1-9-2-4-10(5-3-9)26(24,25)19-7-6-11-13(17-8-18-14(11)19)12(15(20)21)16(22)23/h2-8,12H,1H3,(H,20,21)(H,22,23). The Bertz CT molecular complexity index is 1100. The van der Waals surface area contributed by atoms with Gasteiger partial charge in [0, 0.05) is 11.6 Å². The van der Waals surface area contributed by atoms with E-state index in [-0.39, 0.29) is 21.6 Å². The van der Waals surface area contributed by atoms with E-state index in [1.54, 1.807) is 12.1 Å². The number of nitrogens with zero attached hydrogens (tertiary/aromatic N) is 3. The summed E-state index contributed by atoms with van der Waals surface area (Å²) in [6, 6.07) is 7.45. The Morgan fingerprint density at radius 2 is 1.65 bits per heavy atom. The highest BCUT2D eigenvalue weighted by molar-refractivity contribution is 7.90. The molecule has 134 valence electrons. The van der Waals surface area contributed by atoms with Crippen LogP contribution in [0.2, 0.25) is 0 Å². The monoisotopic (exact) mass is 375 g/mol. The fourth-order valence-electron chi connectivity index (χ4n) is 2.54. The Hall–Kier alpha value is -3.27. The van der Waals surface area contributed by atoms with E-state index in [1.165, 1.54) is 24.4 Å². The summed E-state index contributed by atoms with van der Waals surface area (Å²) in [5.74, 6) is -5.14. The summed E-state index contributed by atoms with van der Waals surface area (Å²) >= 11 is 0. The molecule has 1 aromatic carbocycles. The van der Waals surface area contributed by atoms with Crippen LogP contribution in [0, 0.1) is 6.92 Å². The van der Waals surface area contributed by atoms with Gasteiger partial charge in [-0.15, -0.1) is 0 Å². The summed E-state index contributed by atoms with van der Waals surface area (Å²) in [5, 5.41) is 18.4. The van der Waals surface area contributed by atoms with E-state index in [2.05, 4.69) is 9.97 Å². The van der Waals surface area contributed by atoms with Crippen LogP contribution in [-0.2, 0) is 19.6 Å². The van der Waals surface area contributed by atoms with Gasteiger partial charge in [0.1, 0.15) is 6.33 Å². The second kappa shape index (κ2) is 6.23. The maximum absolute atomic E-state index is 12.8. The molecule has 26 heavy (non-hydrogen) atoms. The highest BCUT2D eigenvalue weighted by atomic mass is 32.2. The highest BCUT2D eigenvalue weighted by Crippen LogP contribution is 2.26. The molecule has 0 fully saturated rings. The fraction of sp³-hybridized carbons (Fsp3) is 0.125. The first-order valence-electron chi connectivity index (χ1n) is 7.33. The number of rotatable bonds is 5. The van der Waals surface area contributed by atoms with E-state index >= 15 is 0 Å². The molecule has 0 atom stereocenters. The van der Waals surface area contributed by atoms with Crippen molar-refractivity contribution in [3.05, 3.63) is 54.1 Å². The molecule has 10 heteroatoms. The van der Waals surface area contributed by atoms with Crippen molar-refractivity contribution in [2.24, 2.45) is 0 Å². The van der Waals surface area contributed by atoms with Gasteiger partial charge in [-0.3, -0.25) is 9.59 Å². The Labute approximate surface area is 147 Å². The molecule has 0 radical (unpaired) electrons. The molecule has 0 amide bonds. The van der Waals surface area contributed by atoms with E-state index < -0.39 is 27.9 Å². The van der Waals surface area contributed by atoms with Gasteiger partial charge in [-0.05, 0) is 25.1 Å². The van der Waals surface area contributed by atoms with Crippen LogP contribution in [0.15, 0.2) is 47.8 Å². The molecule has 2 aromatic heterocycles. The second-order valence-corrected chi connectivity index (χ2v) is 7.35. The van der Waals surface area contributed by atoms with Gasteiger partial charge in [0.05, 0.1) is 10.6 Å². The van der Waals surface area contributed by atoms with Crippen LogP contribution in [0.1, 0.15) is 17.2 Å². The van der Waals surface area contributed by atoms with Crippen molar-refractivity contribution in [2.45, 2.75) is 17.7 Å². The third-order valence-corrected chi connectivity index (χ3v) is 5.50. The van der Waals surface area contributed by atoms with E-state index in [1.807, 2.05) is 6.92 Å². The molecule has 0 saturated carbocycles.